The summed E-state index contributed by atoms with van der Waals surface area (Å²) >= 11 is 5.98. The Balaban J connectivity index is 1.58. The monoisotopic (exact) mass is 361 g/mol. The van der Waals surface area contributed by atoms with Crippen LogP contribution in [0.25, 0.3) is 0 Å². The first-order valence-corrected chi connectivity index (χ1v) is 9.21. The van der Waals surface area contributed by atoms with Crippen molar-refractivity contribution < 1.29 is 14.4 Å². The number of benzene rings is 2. The van der Waals surface area contributed by atoms with Gasteiger partial charge in [0.1, 0.15) is 6.54 Å². The van der Waals surface area contributed by atoms with Gasteiger partial charge in [-0.2, -0.15) is 0 Å². The third kappa shape index (κ3) is 4.59. The first-order valence-electron chi connectivity index (χ1n) is 8.83. The number of piperazine rings is 1. The number of halogens is 1. The molecule has 0 bridgehead atoms. The fourth-order valence-electron chi connectivity index (χ4n) is 3.30. The van der Waals surface area contributed by atoms with Crippen molar-refractivity contribution in [3.8, 4) is 11.5 Å². The Morgan fingerprint density at radius 2 is 1.76 bits per heavy atom. The van der Waals surface area contributed by atoms with Crippen molar-refractivity contribution >= 4 is 17.3 Å². The molecule has 1 heterocycles. The highest BCUT2D eigenvalue weighted by molar-refractivity contribution is 6.30. The number of quaternary nitrogens is 1. The molecule has 1 saturated heterocycles. The maximum Gasteiger partial charge on any atom is 0.161 e. The van der Waals surface area contributed by atoms with Crippen LogP contribution in [0.15, 0.2) is 42.5 Å². The Morgan fingerprint density at radius 3 is 2.40 bits per heavy atom. The summed E-state index contributed by atoms with van der Waals surface area (Å²) in [5.74, 6) is 1.63. The lowest BCUT2D eigenvalue weighted by Gasteiger charge is -2.33. The number of nitrogens with one attached hydrogen (secondary N) is 1. The molecule has 1 aliphatic heterocycles. The zero-order chi connectivity index (χ0) is 17.6. The van der Waals surface area contributed by atoms with Gasteiger partial charge in [-0.15, -0.1) is 0 Å². The Bertz CT molecular complexity index is 683. The molecule has 0 spiro atoms. The van der Waals surface area contributed by atoms with Crippen LogP contribution in [0.5, 0.6) is 11.5 Å². The molecule has 0 radical (unpaired) electrons. The van der Waals surface area contributed by atoms with E-state index in [0.29, 0.717) is 6.61 Å². The van der Waals surface area contributed by atoms with E-state index in [2.05, 4.69) is 29.2 Å². The van der Waals surface area contributed by atoms with Crippen LogP contribution in [0.1, 0.15) is 12.5 Å². The van der Waals surface area contributed by atoms with Gasteiger partial charge in [-0.1, -0.05) is 11.6 Å². The summed E-state index contributed by atoms with van der Waals surface area (Å²) in [5, 5.41) is 0.789. The van der Waals surface area contributed by atoms with Gasteiger partial charge >= 0.3 is 0 Å². The van der Waals surface area contributed by atoms with Gasteiger partial charge in [-0.3, -0.25) is 0 Å². The first-order chi connectivity index (χ1) is 12.2. The molecule has 5 heteroatoms. The molecular weight excluding hydrogens is 336 g/mol. The van der Waals surface area contributed by atoms with Crippen LogP contribution in [0, 0.1) is 0 Å². The quantitative estimate of drug-likeness (QED) is 0.856. The molecular formula is C20H26ClN2O2+. The van der Waals surface area contributed by atoms with Crippen molar-refractivity contribution in [1.29, 1.82) is 0 Å². The van der Waals surface area contributed by atoms with Crippen molar-refractivity contribution in [2.45, 2.75) is 13.5 Å². The lowest BCUT2D eigenvalue weighted by atomic mass is 10.1. The number of rotatable bonds is 6. The van der Waals surface area contributed by atoms with Gasteiger partial charge in [0.2, 0.25) is 0 Å². The summed E-state index contributed by atoms with van der Waals surface area (Å²) in [6.45, 7) is 8.02. The molecule has 0 amide bonds. The van der Waals surface area contributed by atoms with Crippen molar-refractivity contribution in [3.05, 3.63) is 53.1 Å². The molecule has 0 unspecified atom stereocenters. The molecule has 4 nitrogen and oxygen atoms in total. The van der Waals surface area contributed by atoms with Crippen LogP contribution in [-0.2, 0) is 6.54 Å². The predicted octanol–water partition coefficient (Wildman–Crippen LogP) is 2.65. The minimum Gasteiger partial charge on any atom is -0.493 e. The van der Waals surface area contributed by atoms with Crippen LogP contribution >= 0.6 is 11.6 Å². The van der Waals surface area contributed by atoms with Crippen molar-refractivity contribution in [2.75, 3.05) is 44.8 Å². The first kappa shape index (κ1) is 17.9. The SMILES string of the molecule is CCOc1cc(C[NH+]2CCN(c3ccc(Cl)cc3)CC2)ccc1OC. The van der Waals surface area contributed by atoms with E-state index in [0.717, 1.165) is 49.2 Å². The van der Waals surface area contributed by atoms with Gasteiger partial charge < -0.3 is 19.3 Å². The number of anilines is 1. The molecule has 1 N–H and O–H groups in total. The maximum absolute atomic E-state index is 5.98. The minimum atomic E-state index is 0.645. The van der Waals surface area contributed by atoms with E-state index >= 15 is 0 Å². The fraction of sp³-hybridized carbons (Fsp3) is 0.400. The highest BCUT2D eigenvalue weighted by Gasteiger charge is 2.20. The molecule has 2 aromatic carbocycles. The molecule has 0 aromatic heterocycles. The molecule has 0 saturated carbocycles. The van der Waals surface area contributed by atoms with E-state index in [1.54, 1.807) is 12.0 Å². The lowest BCUT2D eigenvalue weighted by Crippen LogP contribution is -3.13. The summed E-state index contributed by atoms with van der Waals surface area (Å²) < 4.78 is 11.1. The number of ether oxygens (including phenoxy) is 2. The van der Waals surface area contributed by atoms with Crippen molar-refractivity contribution in [3.63, 3.8) is 0 Å². The summed E-state index contributed by atoms with van der Waals surface area (Å²) in [4.78, 5) is 4.03. The summed E-state index contributed by atoms with van der Waals surface area (Å²) in [6.07, 6.45) is 0. The molecule has 134 valence electrons. The second-order valence-corrected chi connectivity index (χ2v) is 6.74. The highest BCUT2D eigenvalue weighted by Crippen LogP contribution is 2.27. The van der Waals surface area contributed by atoms with Gasteiger partial charge in [-0.25, -0.2) is 0 Å². The largest absolute Gasteiger partial charge is 0.493 e. The topological polar surface area (TPSA) is 26.1 Å². The minimum absolute atomic E-state index is 0.645. The van der Waals surface area contributed by atoms with Crippen LogP contribution in [0.2, 0.25) is 5.02 Å². The van der Waals surface area contributed by atoms with E-state index < -0.39 is 0 Å². The van der Waals surface area contributed by atoms with E-state index in [9.17, 15) is 0 Å². The second-order valence-electron chi connectivity index (χ2n) is 6.31. The van der Waals surface area contributed by atoms with Crippen LogP contribution in [-0.4, -0.2) is 39.9 Å². The van der Waals surface area contributed by atoms with Gasteiger partial charge in [0.15, 0.2) is 11.5 Å². The number of hydrogen-bond acceptors (Lipinski definition) is 3. The van der Waals surface area contributed by atoms with Gasteiger partial charge in [0.25, 0.3) is 0 Å². The molecule has 0 atom stereocenters. The summed E-state index contributed by atoms with van der Waals surface area (Å²) in [5.41, 5.74) is 2.55. The van der Waals surface area contributed by atoms with Crippen LogP contribution in [0.4, 0.5) is 5.69 Å². The smallest absolute Gasteiger partial charge is 0.161 e. The van der Waals surface area contributed by atoms with Crippen molar-refractivity contribution in [2.24, 2.45) is 0 Å². The fourth-order valence-corrected chi connectivity index (χ4v) is 3.42. The predicted molar refractivity (Wildman–Crippen MR) is 102 cm³/mol. The number of nitrogens with zero attached hydrogens (tertiary/aromatic N) is 1. The van der Waals surface area contributed by atoms with E-state index in [-0.39, 0.29) is 0 Å². The van der Waals surface area contributed by atoms with Gasteiger partial charge in [0, 0.05) is 16.3 Å². The molecule has 3 rings (SSSR count). The lowest BCUT2D eigenvalue weighted by molar-refractivity contribution is -0.914. The second kappa shape index (κ2) is 8.45. The average molecular weight is 362 g/mol. The highest BCUT2D eigenvalue weighted by atomic mass is 35.5. The Morgan fingerprint density at radius 1 is 1.04 bits per heavy atom. The Hall–Kier alpha value is -1.91. The molecule has 2 aromatic rings. The number of methoxy groups -OCH3 is 1. The molecule has 25 heavy (non-hydrogen) atoms. The molecule has 1 fully saturated rings. The summed E-state index contributed by atoms with van der Waals surface area (Å²) in [6, 6.07) is 14.4. The Kier molecular flexibility index (Phi) is 6.05. The van der Waals surface area contributed by atoms with E-state index in [4.69, 9.17) is 21.1 Å². The maximum atomic E-state index is 5.98. The summed E-state index contributed by atoms with van der Waals surface area (Å²) in [7, 11) is 1.68. The normalized spacial score (nSPS) is 15.2. The molecule has 1 aliphatic rings. The third-order valence-electron chi connectivity index (χ3n) is 4.64. The van der Waals surface area contributed by atoms with E-state index in [1.165, 1.54) is 11.3 Å². The number of hydrogen-bond donors (Lipinski definition) is 1. The van der Waals surface area contributed by atoms with Crippen LogP contribution in [0.3, 0.4) is 0 Å². The van der Waals surface area contributed by atoms with Gasteiger partial charge in [0.05, 0.1) is 39.9 Å². The van der Waals surface area contributed by atoms with Crippen molar-refractivity contribution in [1.82, 2.24) is 0 Å². The average Bonchev–Trinajstić information content (AvgIpc) is 2.64. The zero-order valence-corrected chi connectivity index (χ0v) is 15.7. The van der Waals surface area contributed by atoms with E-state index in [1.807, 2.05) is 25.1 Å². The third-order valence-corrected chi connectivity index (χ3v) is 4.90. The van der Waals surface area contributed by atoms with Gasteiger partial charge in [-0.05, 0) is 49.4 Å². The standard InChI is InChI=1S/C20H25ClN2O2/c1-3-25-20-14-16(4-9-19(20)24-2)15-22-10-12-23(13-11-22)18-7-5-17(21)6-8-18/h4-9,14H,3,10-13,15H2,1-2H3/p+1. The Labute approximate surface area is 154 Å². The molecule has 0 aliphatic carbocycles. The van der Waals surface area contributed by atoms with Crippen LogP contribution < -0.4 is 19.3 Å². The zero-order valence-electron chi connectivity index (χ0n) is 14.9.